The maximum atomic E-state index is 11.2. The molecule has 0 saturated carbocycles. The summed E-state index contributed by atoms with van der Waals surface area (Å²) in [4.78, 5) is 16.1. The molecule has 1 aliphatic carbocycles. The lowest BCUT2D eigenvalue weighted by Crippen LogP contribution is -2.33. The molecule has 1 N–H and O–H groups in total. The van der Waals surface area contributed by atoms with E-state index < -0.39 is 5.97 Å². The van der Waals surface area contributed by atoms with E-state index in [0.717, 1.165) is 29.0 Å². The van der Waals surface area contributed by atoms with Crippen LogP contribution in [0.2, 0.25) is 0 Å². The van der Waals surface area contributed by atoms with Crippen molar-refractivity contribution in [1.29, 1.82) is 0 Å². The predicted octanol–water partition coefficient (Wildman–Crippen LogP) is 5.77. The van der Waals surface area contributed by atoms with Crippen molar-refractivity contribution in [2.75, 3.05) is 0 Å². The average molecular weight is 377 g/mol. The third kappa shape index (κ3) is 2.83. The summed E-state index contributed by atoms with van der Waals surface area (Å²) in [5.74, 6) is -0.0138. The van der Waals surface area contributed by atoms with Gasteiger partial charge in [-0.1, -0.05) is 39.8 Å². The molecule has 1 aromatic heterocycles. The molecule has 3 aromatic rings. The number of imidazole rings is 1. The lowest BCUT2D eigenvalue weighted by Gasteiger charge is -2.41. The molecule has 146 valence electrons. The van der Waals surface area contributed by atoms with Crippen LogP contribution in [0.15, 0.2) is 36.4 Å². The fourth-order valence-electron chi connectivity index (χ4n) is 4.49. The predicted molar refractivity (Wildman–Crippen MR) is 113 cm³/mol. The number of nitrogens with zero attached hydrogens (tertiary/aromatic N) is 2. The molecule has 4 nitrogen and oxygen atoms in total. The molecule has 0 amide bonds. The van der Waals surface area contributed by atoms with Gasteiger partial charge in [-0.15, -0.1) is 0 Å². The zero-order chi connectivity index (χ0) is 20.3. The molecule has 2 aromatic carbocycles. The highest BCUT2D eigenvalue weighted by molar-refractivity contribution is 5.88. The zero-order valence-corrected chi connectivity index (χ0v) is 17.3. The Labute approximate surface area is 166 Å². The van der Waals surface area contributed by atoms with Crippen LogP contribution in [0.1, 0.15) is 68.9 Å². The molecular weight excluding hydrogens is 348 g/mol. The van der Waals surface area contributed by atoms with E-state index in [2.05, 4.69) is 51.3 Å². The van der Waals surface area contributed by atoms with Crippen molar-refractivity contribution < 1.29 is 9.90 Å². The second-order valence-electron chi connectivity index (χ2n) is 9.22. The van der Waals surface area contributed by atoms with Crippen LogP contribution in [-0.4, -0.2) is 20.6 Å². The Hall–Kier alpha value is -2.62. The number of aromatic nitrogens is 2. The van der Waals surface area contributed by atoms with Crippen molar-refractivity contribution in [2.45, 2.75) is 64.8 Å². The van der Waals surface area contributed by atoms with Crippen LogP contribution in [-0.2, 0) is 17.4 Å². The lowest BCUT2D eigenvalue weighted by molar-refractivity contribution is 0.0697. The maximum absolute atomic E-state index is 11.2. The van der Waals surface area contributed by atoms with E-state index in [-0.39, 0.29) is 10.8 Å². The van der Waals surface area contributed by atoms with Gasteiger partial charge in [-0.25, -0.2) is 9.78 Å². The van der Waals surface area contributed by atoms with E-state index in [1.165, 1.54) is 24.0 Å². The average Bonchev–Trinajstić information content (AvgIpc) is 3.02. The Kier molecular flexibility index (Phi) is 4.14. The first-order valence-electron chi connectivity index (χ1n) is 10.0. The van der Waals surface area contributed by atoms with E-state index in [4.69, 9.17) is 10.1 Å². The van der Waals surface area contributed by atoms with Gasteiger partial charge in [0.05, 0.1) is 16.6 Å². The second-order valence-corrected chi connectivity index (χ2v) is 9.22. The molecule has 0 bridgehead atoms. The molecule has 0 fully saturated rings. The summed E-state index contributed by atoms with van der Waals surface area (Å²) in [6.07, 6.45) is 2.36. The summed E-state index contributed by atoms with van der Waals surface area (Å²) in [5.41, 5.74) is 6.56. The number of aryl methyl sites for hydroxylation is 1. The molecule has 1 heterocycles. The Morgan fingerprint density at radius 3 is 2.14 bits per heavy atom. The normalized spacial score (nSPS) is 17.5. The minimum absolute atomic E-state index is 0.151. The maximum Gasteiger partial charge on any atom is 0.335 e. The van der Waals surface area contributed by atoms with E-state index in [1.54, 1.807) is 12.1 Å². The van der Waals surface area contributed by atoms with Crippen molar-refractivity contribution in [3.05, 3.63) is 53.1 Å². The fraction of sp³-hybridized carbons (Fsp3) is 0.417. The van der Waals surface area contributed by atoms with Gasteiger partial charge in [0.1, 0.15) is 5.82 Å². The summed E-state index contributed by atoms with van der Waals surface area (Å²) >= 11 is 0. The molecule has 1 aliphatic rings. The Morgan fingerprint density at radius 2 is 1.61 bits per heavy atom. The van der Waals surface area contributed by atoms with E-state index in [0.29, 0.717) is 5.56 Å². The number of rotatable bonds is 3. The standard InChI is InChI=1S/C24H28N2O2/c1-6-26-20-14-18-17(23(2,3)11-12-24(18,4)5)13-19(20)25-21(26)15-7-9-16(10-8-15)22(27)28/h7-10,13-14H,6,11-12H2,1-5H3,(H,27,28). The zero-order valence-electron chi connectivity index (χ0n) is 17.3. The third-order valence-electron chi connectivity index (χ3n) is 6.43. The number of carbonyl (C=O) groups is 1. The van der Waals surface area contributed by atoms with E-state index >= 15 is 0 Å². The van der Waals surface area contributed by atoms with Gasteiger partial charge in [-0.3, -0.25) is 0 Å². The van der Waals surface area contributed by atoms with Gasteiger partial charge in [0.25, 0.3) is 0 Å². The number of hydrogen-bond donors (Lipinski definition) is 1. The molecular formula is C24H28N2O2. The van der Waals surface area contributed by atoms with E-state index in [9.17, 15) is 4.79 Å². The molecule has 4 heteroatoms. The quantitative estimate of drug-likeness (QED) is 0.631. The van der Waals surface area contributed by atoms with Crippen LogP contribution >= 0.6 is 0 Å². The van der Waals surface area contributed by atoms with Crippen LogP contribution < -0.4 is 0 Å². The highest BCUT2D eigenvalue weighted by atomic mass is 16.4. The molecule has 0 unspecified atom stereocenters. The van der Waals surface area contributed by atoms with Crippen LogP contribution in [0.25, 0.3) is 22.4 Å². The monoisotopic (exact) mass is 376 g/mol. The van der Waals surface area contributed by atoms with Gasteiger partial charge in [0.2, 0.25) is 0 Å². The first-order valence-corrected chi connectivity index (χ1v) is 10.0. The summed E-state index contributed by atoms with van der Waals surface area (Å²) in [6, 6.07) is 11.6. The minimum atomic E-state index is -0.910. The Morgan fingerprint density at radius 1 is 1.04 bits per heavy atom. The second kappa shape index (κ2) is 6.20. The molecule has 0 saturated heterocycles. The van der Waals surface area contributed by atoms with Gasteiger partial charge in [-0.05, 0) is 66.0 Å². The van der Waals surface area contributed by atoms with Gasteiger partial charge in [-0.2, -0.15) is 0 Å². The molecule has 28 heavy (non-hydrogen) atoms. The molecule has 0 radical (unpaired) electrons. The minimum Gasteiger partial charge on any atom is -0.478 e. The van der Waals surface area contributed by atoms with Crippen molar-refractivity contribution in [3.63, 3.8) is 0 Å². The molecule has 0 aliphatic heterocycles. The van der Waals surface area contributed by atoms with Gasteiger partial charge >= 0.3 is 5.97 Å². The van der Waals surface area contributed by atoms with Crippen LogP contribution in [0, 0.1) is 0 Å². The van der Waals surface area contributed by atoms with Gasteiger partial charge < -0.3 is 9.67 Å². The number of fused-ring (bicyclic) bond motifs is 2. The SMILES string of the molecule is CCn1c(-c2ccc(C(=O)O)cc2)nc2cc3c(cc21)C(C)(C)CCC3(C)C. The summed E-state index contributed by atoms with van der Waals surface area (Å²) in [5, 5.41) is 9.16. The van der Waals surface area contributed by atoms with E-state index in [1.807, 2.05) is 12.1 Å². The molecule has 4 rings (SSSR count). The summed E-state index contributed by atoms with van der Waals surface area (Å²) in [6.45, 7) is 12.3. The third-order valence-corrected chi connectivity index (χ3v) is 6.43. The Bertz CT molecular complexity index is 1070. The summed E-state index contributed by atoms with van der Waals surface area (Å²) in [7, 11) is 0. The first-order chi connectivity index (χ1) is 13.1. The van der Waals surface area contributed by atoms with Crippen molar-refractivity contribution in [1.82, 2.24) is 9.55 Å². The number of hydrogen-bond acceptors (Lipinski definition) is 2. The van der Waals surface area contributed by atoms with Crippen LogP contribution in [0.4, 0.5) is 0 Å². The number of carboxylic acid groups (broad SMARTS) is 1. The van der Waals surface area contributed by atoms with Crippen LogP contribution in [0.3, 0.4) is 0 Å². The molecule has 0 atom stereocenters. The van der Waals surface area contributed by atoms with Crippen LogP contribution in [0.5, 0.6) is 0 Å². The lowest BCUT2D eigenvalue weighted by atomic mass is 9.63. The fourth-order valence-corrected chi connectivity index (χ4v) is 4.49. The number of benzene rings is 2. The van der Waals surface area contributed by atoms with Crippen molar-refractivity contribution in [3.8, 4) is 11.4 Å². The smallest absolute Gasteiger partial charge is 0.335 e. The van der Waals surface area contributed by atoms with Gasteiger partial charge in [0, 0.05) is 12.1 Å². The number of aromatic carboxylic acids is 1. The van der Waals surface area contributed by atoms with Gasteiger partial charge in [0.15, 0.2) is 0 Å². The number of carboxylic acids is 1. The topological polar surface area (TPSA) is 55.1 Å². The first kappa shape index (κ1) is 18.7. The highest BCUT2D eigenvalue weighted by Crippen LogP contribution is 2.47. The summed E-state index contributed by atoms with van der Waals surface area (Å²) < 4.78 is 2.24. The molecule has 0 spiro atoms. The van der Waals surface area contributed by atoms with Crippen molar-refractivity contribution in [2.24, 2.45) is 0 Å². The largest absolute Gasteiger partial charge is 0.478 e. The highest BCUT2D eigenvalue weighted by Gasteiger charge is 2.37. The van der Waals surface area contributed by atoms with Crippen molar-refractivity contribution >= 4 is 17.0 Å². The Balaban J connectivity index is 1.94.